The molecule has 0 atom stereocenters. The van der Waals surface area contributed by atoms with E-state index in [9.17, 15) is 0 Å². The van der Waals surface area contributed by atoms with Crippen LogP contribution in [0.15, 0.2) is 12.1 Å². The van der Waals surface area contributed by atoms with Crippen LogP contribution in [0.3, 0.4) is 0 Å². The first-order valence-electron chi connectivity index (χ1n) is 7.00. The summed E-state index contributed by atoms with van der Waals surface area (Å²) in [4.78, 5) is 0. The molecule has 0 radical (unpaired) electrons. The van der Waals surface area contributed by atoms with Gasteiger partial charge in [-0.15, -0.1) is 11.8 Å². The van der Waals surface area contributed by atoms with Crippen molar-refractivity contribution in [1.29, 1.82) is 0 Å². The van der Waals surface area contributed by atoms with E-state index in [4.69, 9.17) is 14.2 Å². The molecule has 0 saturated carbocycles. The van der Waals surface area contributed by atoms with Crippen LogP contribution in [0, 0.1) is 11.8 Å². The first-order chi connectivity index (χ1) is 9.85. The molecule has 0 spiro atoms. The average molecular weight is 275 g/mol. The van der Waals surface area contributed by atoms with Gasteiger partial charge in [0.15, 0.2) is 11.5 Å². The zero-order chi connectivity index (χ0) is 14.2. The highest BCUT2D eigenvalue weighted by atomic mass is 16.7. The Hall–Kier alpha value is -1.86. The van der Waals surface area contributed by atoms with Crippen LogP contribution in [-0.2, 0) is 6.54 Å². The van der Waals surface area contributed by atoms with Crippen molar-refractivity contribution in [2.45, 2.75) is 33.2 Å². The second-order valence-corrected chi connectivity index (χ2v) is 4.52. The number of benzene rings is 1. The molecular weight excluding hydrogens is 254 g/mol. The summed E-state index contributed by atoms with van der Waals surface area (Å²) in [7, 11) is 0. The second kappa shape index (κ2) is 7.66. The molecule has 1 aliphatic rings. The lowest BCUT2D eigenvalue weighted by Crippen LogP contribution is -2.14. The Balaban J connectivity index is 2.06. The van der Waals surface area contributed by atoms with Crippen LogP contribution >= 0.6 is 0 Å². The van der Waals surface area contributed by atoms with Gasteiger partial charge in [-0.05, 0) is 26.0 Å². The molecule has 4 nitrogen and oxygen atoms in total. The van der Waals surface area contributed by atoms with Gasteiger partial charge < -0.3 is 19.5 Å². The average Bonchev–Trinajstić information content (AvgIpc) is 2.91. The van der Waals surface area contributed by atoms with Crippen molar-refractivity contribution in [2.75, 3.05) is 19.9 Å². The minimum absolute atomic E-state index is 0.280. The van der Waals surface area contributed by atoms with Crippen LogP contribution in [-0.4, -0.2) is 19.9 Å². The standard InChI is InChI=1S/C16H21NO3/c1-3-5-6-8-18-14-10-16-15(19-12-20-16)9-13(14)11-17-7-4-2/h9-10,17H,4,6-8,11-12H2,1-2H3. The number of nitrogens with one attached hydrogen (secondary N) is 1. The molecule has 2 rings (SSSR count). The third-order valence-corrected chi connectivity index (χ3v) is 2.96. The summed E-state index contributed by atoms with van der Waals surface area (Å²) in [6, 6.07) is 3.90. The fourth-order valence-electron chi connectivity index (χ4n) is 1.97. The Morgan fingerprint density at radius 1 is 1.30 bits per heavy atom. The lowest BCUT2D eigenvalue weighted by Gasteiger charge is -2.12. The van der Waals surface area contributed by atoms with Gasteiger partial charge in [0.1, 0.15) is 5.75 Å². The first-order valence-corrected chi connectivity index (χ1v) is 7.00. The fourth-order valence-corrected chi connectivity index (χ4v) is 1.97. The highest BCUT2D eigenvalue weighted by Crippen LogP contribution is 2.38. The van der Waals surface area contributed by atoms with E-state index in [1.165, 1.54) is 0 Å². The number of hydrogen-bond acceptors (Lipinski definition) is 4. The molecule has 4 heteroatoms. The Kier molecular flexibility index (Phi) is 5.57. The number of rotatable bonds is 7. The maximum absolute atomic E-state index is 5.82. The van der Waals surface area contributed by atoms with Crippen molar-refractivity contribution in [3.8, 4) is 29.1 Å². The molecule has 1 N–H and O–H groups in total. The van der Waals surface area contributed by atoms with Crippen molar-refractivity contribution < 1.29 is 14.2 Å². The second-order valence-electron chi connectivity index (χ2n) is 4.52. The van der Waals surface area contributed by atoms with Gasteiger partial charge in [0.25, 0.3) is 0 Å². The predicted octanol–water partition coefficient (Wildman–Crippen LogP) is 2.71. The summed E-state index contributed by atoms with van der Waals surface area (Å²) < 4.78 is 16.6. The topological polar surface area (TPSA) is 39.7 Å². The summed E-state index contributed by atoms with van der Waals surface area (Å²) >= 11 is 0. The van der Waals surface area contributed by atoms with Gasteiger partial charge in [0.05, 0.1) is 6.61 Å². The zero-order valence-electron chi connectivity index (χ0n) is 12.1. The van der Waals surface area contributed by atoms with Crippen molar-refractivity contribution in [2.24, 2.45) is 0 Å². The number of hydrogen-bond donors (Lipinski definition) is 1. The summed E-state index contributed by atoms with van der Waals surface area (Å²) in [6.45, 7) is 6.59. The minimum Gasteiger partial charge on any atom is -0.492 e. The van der Waals surface area contributed by atoms with E-state index < -0.39 is 0 Å². The van der Waals surface area contributed by atoms with E-state index >= 15 is 0 Å². The molecule has 0 unspecified atom stereocenters. The maximum Gasteiger partial charge on any atom is 0.231 e. The van der Waals surface area contributed by atoms with Crippen molar-refractivity contribution >= 4 is 0 Å². The third-order valence-electron chi connectivity index (χ3n) is 2.96. The molecule has 20 heavy (non-hydrogen) atoms. The Bertz CT molecular complexity index is 502. The summed E-state index contributed by atoms with van der Waals surface area (Å²) in [6.07, 6.45) is 1.83. The van der Waals surface area contributed by atoms with Crippen LogP contribution in [0.4, 0.5) is 0 Å². The molecule has 108 valence electrons. The minimum atomic E-state index is 0.280. The van der Waals surface area contributed by atoms with Crippen LogP contribution in [0.25, 0.3) is 0 Å². The summed E-state index contributed by atoms with van der Waals surface area (Å²) in [5.41, 5.74) is 1.09. The summed E-state index contributed by atoms with van der Waals surface area (Å²) in [5, 5.41) is 3.38. The third kappa shape index (κ3) is 3.82. The lowest BCUT2D eigenvalue weighted by molar-refractivity contribution is 0.173. The smallest absolute Gasteiger partial charge is 0.231 e. The van der Waals surface area contributed by atoms with Crippen LogP contribution < -0.4 is 19.5 Å². The maximum atomic E-state index is 5.82. The molecule has 0 aromatic heterocycles. The predicted molar refractivity (Wildman–Crippen MR) is 78.1 cm³/mol. The zero-order valence-corrected chi connectivity index (χ0v) is 12.1. The molecule has 0 bridgehead atoms. The quantitative estimate of drug-likeness (QED) is 0.613. The molecule has 1 aromatic rings. The van der Waals surface area contributed by atoms with Gasteiger partial charge in [-0.1, -0.05) is 6.92 Å². The Morgan fingerprint density at radius 3 is 2.85 bits per heavy atom. The summed E-state index contributed by atoms with van der Waals surface area (Å²) in [5.74, 6) is 8.25. The van der Waals surface area contributed by atoms with Gasteiger partial charge in [-0.25, -0.2) is 0 Å². The molecule has 0 fully saturated rings. The Labute approximate surface area is 120 Å². The molecule has 0 saturated heterocycles. The molecule has 1 aromatic carbocycles. The normalized spacial score (nSPS) is 11.9. The Morgan fingerprint density at radius 2 is 2.10 bits per heavy atom. The van der Waals surface area contributed by atoms with E-state index in [2.05, 4.69) is 24.1 Å². The van der Waals surface area contributed by atoms with Crippen LogP contribution in [0.2, 0.25) is 0 Å². The lowest BCUT2D eigenvalue weighted by atomic mass is 10.1. The highest BCUT2D eigenvalue weighted by molar-refractivity contribution is 5.51. The van der Waals surface area contributed by atoms with Gasteiger partial charge in [0.2, 0.25) is 6.79 Å². The number of ether oxygens (including phenoxy) is 3. The van der Waals surface area contributed by atoms with E-state index in [1.54, 1.807) is 0 Å². The SMILES string of the molecule is CC#CCCOc1cc2c(cc1CNCCC)OCO2. The largest absolute Gasteiger partial charge is 0.492 e. The molecule has 1 heterocycles. The molecule has 0 aliphatic carbocycles. The van der Waals surface area contributed by atoms with Crippen molar-refractivity contribution in [3.05, 3.63) is 17.7 Å². The molecule has 1 aliphatic heterocycles. The first kappa shape index (κ1) is 14.5. The van der Waals surface area contributed by atoms with Crippen LogP contribution in [0.1, 0.15) is 32.3 Å². The van der Waals surface area contributed by atoms with Gasteiger partial charge in [-0.3, -0.25) is 0 Å². The number of fused-ring (bicyclic) bond motifs is 1. The highest BCUT2D eigenvalue weighted by Gasteiger charge is 2.17. The van der Waals surface area contributed by atoms with Crippen molar-refractivity contribution in [3.63, 3.8) is 0 Å². The monoisotopic (exact) mass is 275 g/mol. The van der Waals surface area contributed by atoms with Crippen LogP contribution in [0.5, 0.6) is 17.2 Å². The molecular formula is C16H21NO3. The molecule has 0 amide bonds. The van der Waals surface area contributed by atoms with Gasteiger partial charge in [0, 0.05) is 24.6 Å². The van der Waals surface area contributed by atoms with Gasteiger partial charge >= 0.3 is 0 Å². The van der Waals surface area contributed by atoms with Crippen molar-refractivity contribution in [1.82, 2.24) is 5.32 Å². The van der Waals surface area contributed by atoms with E-state index in [-0.39, 0.29) is 6.79 Å². The van der Waals surface area contributed by atoms with E-state index in [0.717, 1.165) is 48.7 Å². The van der Waals surface area contributed by atoms with E-state index in [1.807, 2.05) is 19.1 Å². The van der Waals surface area contributed by atoms with Gasteiger partial charge in [-0.2, -0.15) is 0 Å². The van der Waals surface area contributed by atoms with E-state index in [0.29, 0.717) is 6.61 Å². The fraction of sp³-hybridized carbons (Fsp3) is 0.500.